The highest BCUT2D eigenvalue weighted by molar-refractivity contribution is 9.10. The summed E-state index contributed by atoms with van der Waals surface area (Å²) in [6, 6.07) is 13.4. The number of hydrogen-bond acceptors (Lipinski definition) is 6. The van der Waals surface area contributed by atoms with Gasteiger partial charge in [-0.05, 0) is 68.3 Å². The highest BCUT2D eigenvalue weighted by Gasteiger charge is 2.18. The van der Waals surface area contributed by atoms with Gasteiger partial charge in [0.2, 0.25) is 5.13 Å². The largest absolute Gasteiger partial charge is 0.297 e. The second kappa shape index (κ2) is 7.84. The molecule has 2 heterocycles. The first-order valence-electron chi connectivity index (χ1n) is 8.83. The highest BCUT2D eigenvalue weighted by Crippen LogP contribution is 2.24. The predicted octanol–water partition coefficient (Wildman–Crippen LogP) is 4.73. The van der Waals surface area contributed by atoms with Crippen LogP contribution in [-0.4, -0.2) is 30.3 Å². The van der Waals surface area contributed by atoms with Gasteiger partial charge in [0.05, 0.1) is 11.4 Å². The van der Waals surface area contributed by atoms with E-state index in [0.717, 1.165) is 38.5 Å². The smallest absolute Gasteiger partial charge is 0.257 e. The maximum atomic E-state index is 12.5. The normalized spacial score (nSPS) is 10.9. The Bertz CT molecular complexity index is 1200. The number of rotatable bonds is 4. The van der Waals surface area contributed by atoms with Crippen molar-refractivity contribution in [2.24, 2.45) is 0 Å². The van der Waals surface area contributed by atoms with E-state index in [0.29, 0.717) is 22.2 Å². The van der Waals surface area contributed by atoms with Gasteiger partial charge in [0, 0.05) is 21.6 Å². The van der Waals surface area contributed by atoms with E-state index in [4.69, 9.17) is 0 Å². The molecule has 0 saturated heterocycles. The molecule has 0 aliphatic heterocycles. The predicted molar refractivity (Wildman–Crippen MR) is 117 cm³/mol. The van der Waals surface area contributed by atoms with Crippen molar-refractivity contribution in [3.05, 3.63) is 69.3 Å². The molecule has 146 valence electrons. The van der Waals surface area contributed by atoms with Crippen molar-refractivity contribution in [3.8, 4) is 17.2 Å². The summed E-state index contributed by atoms with van der Waals surface area (Å²) >= 11 is 4.54. The Balaban J connectivity index is 1.55. The van der Waals surface area contributed by atoms with Crippen LogP contribution in [0.3, 0.4) is 0 Å². The average Bonchev–Trinajstić information content (AvgIpc) is 3.31. The monoisotopic (exact) mass is 468 g/mol. The second-order valence-electron chi connectivity index (χ2n) is 6.59. The van der Waals surface area contributed by atoms with Gasteiger partial charge in [-0.25, -0.2) is 4.68 Å². The molecule has 7 nitrogen and oxygen atoms in total. The van der Waals surface area contributed by atoms with Crippen molar-refractivity contribution in [3.63, 3.8) is 0 Å². The van der Waals surface area contributed by atoms with Gasteiger partial charge in [-0.1, -0.05) is 27.2 Å². The Morgan fingerprint density at radius 1 is 1.07 bits per heavy atom. The standard InChI is InChI=1S/C20H17BrN6OS/c1-11-4-5-14(10-12(11)2)19(28)23-20-22-18(25-29-20)17-13(3)27(26-24-17)16-8-6-15(21)7-9-16/h4-10H,1-3H3,(H,22,23,25,28). The van der Waals surface area contributed by atoms with Gasteiger partial charge in [0.15, 0.2) is 11.5 Å². The zero-order valence-corrected chi connectivity index (χ0v) is 18.4. The van der Waals surface area contributed by atoms with Crippen molar-refractivity contribution in [1.82, 2.24) is 24.4 Å². The van der Waals surface area contributed by atoms with Crippen molar-refractivity contribution < 1.29 is 4.79 Å². The molecule has 0 aliphatic carbocycles. The van der Waals surface area contributed by atoms with Gasteiger partial charge in [-0.3, -0.25) is 10.1 Å². The van der Waals surface area contributed by atoms with Crippen molar-refractivity contribution >= 4 is 38.5 Å². The van der Waals surface area contributed by atoms with Gasteiger partial charge in [0.25, 0.3) is 5.91 Å². The quantitative estimate of drug-likeness (QED) is 0.467. The molecule has 4 rings (SSSR count). The van der Waals surface area contributed by atoms with Crippen LogP contribution in [0.2, 0.25) is 0 Å². The number of aryl methyl sites for hydroxylation is 2. The lowest BCUT2D eigenvalue weighted by molar-refractivity contribution is 0.102. The van der Waals surface area contributed by atoms with E-state index < -0.39 is 0 Å². The molecule has 2 aromatic heterocycles. The number of carbonyl (C=O) groups is 1. The maximum Gasteiger partial charge on any atom is 0.257 e. The molecule has 0 radical (unpaired) electrons. The molecule has 1 amide bonds. The van der Waals surface area contributed by atoms with Gasteiger partial charge in [0.1, 0.15) is 0 Å². The zero-order chi connectivity index (χ0) is 20.5. The lowest BCUT2D eigenvalue weighted by Crippen LogP contribution is -2.12. The van der Waals surface area contributed by atoms with Crippen LogP contribution in [-0.2, 0) is 0 Å². The topological polar surface area (TPSA) is 85.6 Å². The number of halogens is 1. The Morgan fingerprint density at radius 2 is 1.83 bits per heavy atom. The summed E-state index contributed by atoms with van der Waals surface area (Å²) in [5.41, 5.74) is 5.08. The maximum absolute atomic E-state index is 12.5. The van der Waals surface area contributed by atoms with Crippen LogP contribution in [0.15, 0.2) is 46.9 Å². The summed E-state index contributed by atoms with van der Waals surface area (Å²) in [4.78, 5) is 16.9. The molecule has 0 saturated carbocycles. The molecule has 1 N–H and O–H groups in total. The number of amides is 1. The molecule has 4 aromatic rings. The van der Waals surface area contributed by atoms with E-state index in [2.05, 4.69) is 40.9 Å². The molecular weight excluding hydrogens is 452 g/mol. The summed E-state index contributed by atoms with van der Waals surface area (Å²) in [5, 5.41) is 11.7. The third kappa shape index (κ3) is 3.96. The Labute approximate surface area is 180 Å². The van der Waals surface area contributed by atoms with Crippen LogP contribution >= 0.6 is 27.5 Å². The number of nitrogens with one attached hydrogen (secondary N) is 1. The van der Waals surface area contributed by atoms with Crippen LogP contribution in [0.4, 0.5) is 5.13 Å². The Hall–Kier alpha value is -2.91. The fraction of sp³-hybridized carbons (Fsp3) is 0.150. The molecule has 2 aromatic carbocycles. The minimum Gasteiger partial charge on any atom is -0.297 e. The van der Waals surface area contributed by atoms with Gasteiger partial charge >= 0.3 is 0 Å². The lowest BCUT2D eigenvalue weighted by Gasteiger charge is -2.04. The van der Waals surface area contributed by atoms with E-state index in [1.807, 2.05) is 57.2 Å². The van der Waals surface area contributed by atoms with Gasteiger partial charge in [-0.2, -0.15) is 9.36 Å². The van der Waals surface area contributed by atoms with Crippen molar-refractivity contribution in [1.29, 1.82) is 0 Å². The van der Waals surface area contributed by atoms with Crippen LogP contribution < -0.4 is 5.32 Å². The van der Waals surface area contributed by atoms with Crippen LogP contribution in [0, 0.1) is 20.8 Å². The first-order chi connectivity index (χ1) is 13.9. The summed E-state index contributed by atoms with van der Waals surface area (Å²) in [7, 11) is 0. The highest BCUT2D eigenvalue weighted by atomic mass is 79.9. The average molecular weight is 469 g/mol. The number of anilines is 1. The van der Waals surface area contributed by atoms with E-state index in [-0.39, 0.29) is 5.91 Å². The van der Waals surface area contributed by atoms with E-state index in [1.54, 1.807) is 10.7 Å². The molecule has 0 unspecified atom stereocenters. The SMILES string of the molecule is Cc1ccc(C(=O)Nc2nc(-c3nnn(-c4ccc(Br)cc4)c3C)ns2)cc1C. The summed E-state index contributed by atoms with van der Waals surface area (Å²) in [5.74, 6) is 0.220. The number of nitrogens with zero attached hydrogens (tertiary/aromatic N) is 5. The summed E-state index contributed by atoms with van der Waals surface area (Å²) < 4.78 is 7.06. The van der Waals surface area contributed by atoms with E-state index in [1.165, 1.54) is 0 Å². The third-order valence-corrected chi connectivity index (χ3v) is 5.75. The fourth-order valence-electron chi connectivity index (χ4n) is 2.79. The Kier molecular flexibility index (Phi) is 5.25. The third-order valence-electron chi connectivity index (χ3n) is 4.59. The first-order valence-corrected chi connectivity index (χ1v) is 10.4. The van der Waals surface area contributed by atoms with E-state index >= 15 is 0 Å². The number of hydrogen-bond donors (Lipinski definition) is 1. The van der Waals surface area contributed by atoms with Crippen LogP contribution in [0.25, 0.3) is 17.2 Å². The minimum absolute atomic E-state index is 0.217. The number of carbonyl (C=O) groups excluding carboxylic acids is 1. The molecule has 29 heavy (non-hydrogen) atoms. The fourth-order valence-corrected chi connectivity index (χ4v) is 3.62. The lowest BCUT2D eigenvalue weighted by atomic mass is 10.1. The zero-order valence-electron chi connectivity index (χ0n) is 16.0. The first kappa shape index (κ1) is 19.4. The Morgan fingerprint density at radius 3 is 2.55 bits per heavy atom. The molecule has 0 aliphatic rings. The van der Waals surface area contributed by atoms with Gasteiger partial charge < -0.3 is 0 Å². The molecule has 9 heteroatoms. The van der Waals surface area contributed by atoms with Crippen LogP contribution in [0.1, 0.15) is 27.2 Å². The molecular formula is C20H17BrN6OS. The van der Waals surface area contributed by atoms with Crippen LogP contribution in [0.5, 0.6) is 0 Å². The molecule has 0 fully saturated rings. The molecule has 0 atom stereocenters. The van der Waals surface area contributed by atoms with Gasteiger partial charge in [-0.15, -0.1) is 5.10 Å². The molecule has 0 bridgehead atoms. The van der Waals surface area contributed by atoms with Crippen molar-refractivity contribution in [2.75, 3.05) is 5.32 Å². The minimum atomic E-state index is -0.217. The second-order valence-corrected chi connectivity index (χ2v) is 8.26. The summed E-state index contributed by atoms with van der Waals surface area (Å²) in [6.45, 7) is 5.90. The summed E-state index contributed by atoms with van der Waals surface area (Å²) in [6.07, 6.45) is 0. The number of aromatic nitrogens is 5. The molecule has 0 spiro atoms. The van der Waals surface area contributed by atoms with E-state index in [9.17, 15) is 4.79 Å². The number of benzene rings is 2. The van der Waals surface area contributed by atoms with Crippen molar-refractivity contribution in [2.45, 2.75) is 20.8 Å².